The third-order valence-electron chi connectivity index (χ3n) is 5.07. The van der Waals surface area contributed by atoms with Crippen molar-refractivity contribution in [1.29, 1.82) is 0 Å². The number of carbonyl (C=O) groups is 1. The lowest BCUT2D eigenvalue weighted by molar-refractivity contribution is 0.0954. The molecule has 32 heavy (non-hydrogen) atoms. The van der Waals surface area contributed by atoms with Gasteiger partial charge in [0.1, 0.15) is 0 Å². The minimum atomic E-state index is -1.00. The molecule has 1 aromatic carbocycles. The molecule has 1 atom stereocenters. The van der Waals surface area contributed by atoms with Crippen molar-refractivity contribution in [2.45, 2.75) is 12.5 Å². The number of amides is 2. The van der Waals surface area contributed by atoms with E-state index in [0.717, 1.165) is 23.5 Å². The van der Waals surface area contributed by atoms with Gasteiger partial charge >= 0.3 is 6.03 Å². The Hall–Kier alpha value is -2.96. The number of aliphatic hydroxyl groups is 2. The maximum absolute atomic E-state index is 14.5. The van der Waals surface area contributed by atoms with Gasteiger partial charge in [-0.3, -0.25) is 5.32 Å². The quantitative estimate of drug-likeness (QED) is 0.533. The van der Waals surface area contributed by atoms with Crippen LogP contribution in [0.4, 0.5) is 28.9 Å². The van der Waals surface area contributed by atoms with Crippen molar-refractivity contribution < 1.29 is 28.2 Å². The van der Waals surface area contributed by atoms with Crippen molar-refractivity contribution in [1.82, 2.24) is 14.9 Å². The molecule has 170 valence electrons. The third kappa shape index (κ3) is 4.76. The van der Waals surface area contributed by atoms with E-state index in [2.05, 4.69) is 15.3 Å². The smallest absolute Gasteiger partial charge is 0.323 e. The number of aromatic nitrogens is 2. The highest BCUT2D eigenvalue weighted by Gasteiger charge is 2.25. The number of urea groups is 1. The first kappa shape index (κ1) is 22.2. The average Bonchev–Trinajstić information content (AvgIpc) is 3.15. The number of hydrogen-bond acceptors (Lipinski definition) is 7. The summed E-state index contributed by atoms with van der Waals surface area (Å²) in [5.41, 5.74) is 0.729. The van der Waals surface area contributed by atoms with Gasteiger partial charge in [-0.25, -0.2) is 27.9 Å². The number of benzene rings is 1. The SMILES string of the molecule is O=C(Nc1nc2cc(F)c(F)cc2s1)N1CCN(c2ncc(CC(O)CO)cc2F)CC1. The Morgan fingerprint density at radius 1 is 1.12 bits per heavy atom. The lowest BCUT2D eigenvalue weighted by Crippen LogP contribution is -2.50. The predicted molar refractivity (Wildman–Crippen MR) is 113 cm³/mol. The summed E-state index contributed by atoms with van der Waals surface area (Å²) < 4.78 is 41.6. The molecule has 1 aliphatic heterocycles. The summed E-state index contributed by atoms with van der Waals surface area (Å²) in [5, 5.41) is 21.2. The topological polar surface area (TPSA) is 102 Å². The summed E-state index contributed by atoms with van der Waals surface area (Å²) in [6.07, 6.45) is 0.576. The number of halogens is 3. The number of thiazole rings is 1. The fraction of sp³-hybridized carbons (Fsp3) is 0.350. The molecular weight excluding hydrogens is 447 g/mol. The molecule has 1 aliphatic rings. The summed E-state index contributed by atoms with van der Waals surface area (Å²) >= 11 is 1.04. The van der Waals surface area contributed by atoms with E-state index in [4.69, 9.17) is 5.11 Å². The first-order chi connectivity index (χ1) is 15.3. The molecule has 1 fully saturated rings. The van der Waals surface area contributed by atoms with E-state index < -0.39 is 36.2 Å². The second-order valence-corrected chi connectivity index (χ2v) is 8.38. The number of fused-ring (bicyclic) bond motifs is 1. The van der Waals surface area contributed by atoms with E-state index >= 15 is 0 Å². The minimum absolute atomic E-state index is 0.0969. The van der Waals surface area contributed by atoms with Crippen molar-refractivity contribution >= 4 is 38.5 Å². The highest BCUT2D eigenvalue weighted by molar-refractivity contribution is 7.22. The van der Waals surface area contributed by atoms with Gasteiger partial charge in [0.05, 0.1) is 22.9 Å². The first-order valence-electron chi connectivity index (χ1n) is 9.84. The highest BCUT2D eigenvalue weighted by atomic mass is 32.1. The Bertz CT molecular complexity index is 1100. The summed E-state index contributed by atoms with van der Waals surface area (Å²) in [4.78, 5) is 24.0. The Labute approximate surface area is 184 Å². The second kappa shape index (κ2) is 9.27. The molecule has 2 aromatic heterocycles. The van der Waals surface area contributed by atoms with Gasteiger partial charge in [-0.2, -0.15) is 0 Å². The zero-order valence-electron chi connectivity index (χ0n) is 16.8. The van der Waals surface area contributed by atoms with Gasteiger partial charge in [0, 0.05) is 44.9 Å². The van der Waals surface area contributed by atoms with E-state index in [1.165, 1.54) is 17.2 Å². The maximum Gasteiger partial charge on any atom is 0.323 e. The summed E-state index contributed by atoms with van der Waals surface area (Å²) in [6, 6.07) is 2.88. The molecule has 0 bridgehead atoms. The van der Waals surface area contributed by atoms with Crippen molar-refractivity contribution in [3.05, 3.63) is 47.4 Å². The summed E-state index contributed by atoms with van der Waals surface area (Å²) in [7, 11) is 0. The number of carbonyl (C=O) groups excluding carboxylic acids is 1. The molecule has 3 aromatic rings. The lowest BCUT2D eigenvalue weighted by atomic mass is 10.1. The van der Waals surface area contributed by atoms with Crippen molar-refractivity contribution in [2.75, 3.05) is 43.0 Å². The minimum Gasteiger partial charge on any atom is -0.394 e. The Kier molecular flexibility index (Phi) is 6.44. The third-order valence-corrected chi connectivity index (χ3v) is 6.00. The van der Waals surface area contributed by atoms with Crippen LogP contribution in [0.15, 0.2) is 24.4 Å². The van der Waals surface area contributed by atoms with E-state index in [1.54, 1.807) is 4.90 Å². The molecule has 0 aliphatic carbocycles. The van der Waals surface area contributed by atoms with Gasteiger partial charge in [-0.15, -0.1) is 0 Å². The van der Waals surface area contributed by atoms with Gasteiger partial charge in [0.15, 0.2) is 28.4 Å². The van der Waals surface area contributed by atoms with Crippen LogP contribution in [0, 0.1) is 17.5 Å². The van der Waals surface area contributed by atoms with Crippen LogP contribution in [0.1, 0.15) is 5.56 Å². The molecular formula is C20H20F3N5O3S. The zero-order valence-corrected chi connectivity index (χ0v) is 17.6. The molecule has 0 saturated carbocycles. The van der Waals surface area contributed by atoms with Crippen LogP contribution in [0.5, 0.6) is 0 Å². The molecule has 1 saturated heterocycles. The van der Waals surface area contributed by atoms with Gasteiger partial charge in [-0.1, -0.05) is 11.3 Å². The van der Waals surface area contributed by atoms with Crippen LogP contribution >= 0.6 is 11.3 Å². The summed E-state index contributed by atoms with van der Waals surface area (Å²) in [5.74, 6) is -2.37. The van der Waals surface area contributed by atoms with Crippen LogP contribution in [-0.4, -0.2) is 70.0 Å². The lowest BCUT2D eigenvalue weighted by Gasteiger charge is -2.35. The number of hydrogen-bond donors (Lipinski definition) is 3. The fourth-order valence-electron chi connectivity index (χ4n) is 3.42. The molecule has 0 radical (unpaired) electrons. The summed E-state index contributed by atoms with van der Waals surface area (Å²) in [6.45, 7) is 0.911. The average molecular weight is 467 g/mol. The molecule has 8 nitrogen and oxygen atoms in total. The number of rotatable bonds is 5. The number of nitrogens with zero attached hydrogens (tertiary/aromatic N) is 4. The first-order valence-corrected chi connectivity index (χ1v) is 10.7. The van der Waals surface area contributed by atoms with Gasteiger partial charge in [0.2, 0.25) is 0 Å². The molecule has 12 heteroatoms. The Morgan fingerprint density at radius 3 is 2.53 bits per heavy atom. The van der Waals surface area contributed by atoms with Gasteiger partial charge in [0.25, 0.3) is 0 Å². The largest absolute Gasteiger partial charge is 0.394 e. The fourth-order valence-corrected chi connectivity index (χ4v) is 4.28. The normalized spacial score (nSPS) is 15.3. The van der Waals surface area contributed by atoms with Crippen LogP contribution in [0.25, 0.3) is 10.2 Å². The molecule has 1 unspecified atom stereocenters. The Balaban J connectivity index is 1.36. The molecule has 0 spiro atoms. The van der Waals surface area contributed by atoms with E-state index in [0.29, 0.717) is 36.4 Å². The maximum atomic E-state index is 14.5. The number of piperazine rings is 1. The number of nitrogens with one attached hydrogen (secondary N) is 1. The van der Waals surface area contributed by atoms with Crippen molar-refractivity contribution in [3.8, 4) is 0 Å². The molecule has 2 amide bonds. The molecule has 3 heterocycles. The number of anilines is 2. The molecule has 4 rings (SSSR count). The van der Waals surface area contributed by atoms with Crippen molar-refractivity contribution in [2.24, 2.45) is 0 Å². The van der Waals surface area contributed by atoms with E-state index in [-0.39, 0.29) is 22.9 Å². The second-order valence-electron chi connectivity index (χ2n) is 7.35. The van der Waals surface area contributed by atoms with Crippen LogP contribution in [-0.2, 0) is 6.42 Å². The standard InChI is InChI=1S/C20H20F3N5O3S/c21-13-7-16-17(8-14(13)22)32-19(25-16)26-20(31)28-3-1-27(2-4-28)18-15(23)6-11(9-24-18)5-12(30)10-29/h6-9,12,29-30H,1-5,10H2,(H,25,26,31). The van der Waals surface area contributed by atoms with Crippen LogP contribution in [0.2, 0.25) is 0 Å². The zero-order chi connectivity index (χ0) is 22.8. The van der Waals surface area contributed by atoms with Crippen LogP contribution < -0.4 is 10.2 Å². The number of aliphatic hydroxyl groups excluding tert-OH is 2. The highest BCUT2D eigenvalue weighted by Crippen LogP contribution is 2.28. The predicted octanol–water partition coefficient (Wildman–Crippen LogP) is 2.36. The van der Waals surface area contributed by atoms with Gasteiger partial charge < -0.3 is 20.0 Å². The van der Waals surface area contributed by atoms with Crippen molar-refractivity contribution in [3.63, 3.8) is 0 Å². The monoisotopic (exact) mass is 467 g/mol. The van der Waals surface area contributed by atoms with Gasteiger partial charge in [-0.05, 0) is 17.7 Å². The Morgan fingerprint density at radius 2 is 1.84 bits per heavy atom. The van der Waals surface area contributed by atoms with Crippen LogP contribution in [0.3, 0.4) is 0 Å². The van der Waals surface area contributed by atoms with E-state index in [9.17, 15) is 23.1 Å². The number of pyridine rings is 1. The molecule has 3 N–H and O–H groups in total. The van der Waals surface area contributed by atoms with E-state index in [1.807, 2.05) is 0 Å².